The molecule has 6 heteroatoms. The highest BCUT2D eigenvalue weighted by molar-refractivity contribution is 6.04. The molecule has 0 bridgehead atoms. The molecule has 0 saturated carbocycles. The maximum Gasteiger partial charge on any atom is 0.255 e. The van der Waals surface area contributed by atoms with Crippen LogP contribution in [0.4, 0.5) is 5.69 Å². The summed E-state index contributed by atoms with van der Waals surface area (Å²) in [4.78, 5) is 26.4. The molecule has 2 aromatic heterocycles. The number of aromatic nitrogens is 3. The Hall–Kier alpha value is -2.89. The fourth-order valence-corrected chi connectivity index (χ4v) is 2.49. The number of amides is 1. The summed E-state index contributed by atoms with van der Waals surface area (Å²) in [5, 5.41) is 2.89. The number of carbonyl (C=O) groups excluding carboxylic acids is 1. The van der Waals surface area contributed by atoms with Crippen LogP contribution in [0.1, 0.15) is 24.2 Å². The van der Waals surface area contributed by atoms with Gasteiger partial charge in [0.25, 0.3) is 5.91 Å². The van der Waals surface area contributed by atoms with E-state index in [-0.39, 0.29) is 11.9 Å². The van der Waals surface area contributed by atoms with Crippen molar-refractivity contribution < 1.29 is 4.79 Å². The molecule has 0 aliphatic rings. The number of benzene rings is 1. The Morgan fingerprint density at radius 3 is 2.79 bits per heavy atom. The summed E-state index contributed by atoms with van der Waals surface area (Å²) in [7, 11) is 3.99. The molecule has 3 rings (SSSR count). The number of rotatable bonds is 4. The first-order valence-electron chi connectivity index (χ1n) is 7.88. The van der Waals surface area contributed by atoms with Crippen LogP contribution in [0.25, 0.3) is 22.4 Å². The van der Waals surface area contributed by atoms with Gasteiger partial charge in [0.2, 0.25) is 0 Å². The number of nitrogens with one attached hydrogen (secondary N) is 2. The van der Waals surface area contributed by atoms with Crippen molar-refractivity contribution in [3.8, 4) is 11.3 Å². The van der Waals surface area contributed by atoms with E-state index in [1.54, 1.807) is 12.4 Å². The van der Waals surface area contributed by atoms with Gasteiger partial charge in [-0.1, -0.05) is 12.1 Å². The molecule has 2 N–H and O–H groups in total. The maximum atomic E-state index is 12.3. The number of H-pyrrole nitrogens is 1. The lowest BCUT2D eigenvalue weighted by molar-refractivity contribution is 0.0944. The first-order chi connectivity index (χ1) is 11.5. The van der Waals surface area contributed by atoms with Gasteiger partial charge in [-0.2, -0.15) is 0 Å². The van der Waals surface area contributed by atoms with Crippen molar-refractivity contribution in [2.75, 3.05) is 19.0 Å². The van der Waals surface area contributed by atoms with Crippen molar-refractivity contribution in [2.24, 2.45) is 0 Å². The van der Waals surface area contributed by atoms with Crippen molar-refractivity contribution in [1.82, 2.24) is 20.3 Å². The van der Waals surface area contributed by atoms with Gasteiger partial charge >= 0.3 is 0 Å². The SMILES string of the molecule is CC(C)NC(=O)c1c[nH]c2ncc(-c3cccc(N(C)C)c3)nc12. The first kappa shape index (κ1) is 16.0. The van der Waals surface area contributed by atoms with Crippen LogP contribution in [0, 0.1) is 0 Å². The average molecular weight is 323 g/mol. The molecular weight excluding hydrogens is 302 g/mol. The number of anilines is 1. The smallest absolute Gasteiger partial charge is 0.255 e. The molecule has 0 spiro atoms. The van der Waals surface area contributed by atoms with Gasteiger partial charge in [-0.3, -0.25) is 4.79 Å². The van der Waals surface area contributed by atoms with Gasteiger partial charge < -0.3 is 15.2 Å². The highest BCUT2D eigenvalue weighted by atomic mass is 16.1. The molecule has 0 aliphatic heterocycles. The number of fused-ring (bicyclic) bond motifs is 1. The zero-order valence-electron chi connectivity index (χ0n) is 14.3. The third kappa shape index (κ3) is 3.08. The van der Waals surface area contributed by atoms with Gasteiger partial charge in [0.15, 0.2) is 5.65 Å². The number of nitrogens with zero attached hydrogens (tertiary/aromatic N) is 3. The second kappa shape index (κ2) is 6.31. The van der Waals surface area contributed by atoms with Crippen LogP contribution in [-0.4, -0.2) is 41.0 Å². The number of hydrogen-bond acceptors (Lipinski definition) is 4. The highest BCUT2D eigenvalue weighted by Gasteiger charge is 2.16. The third-order valence-corrected chi connectivity index (χ3v) is 3.70. The second-order valence-electron chi connectivity index (χ2n) is 6.23. The normalized spacial score (nSPS) is 11.0. The fourth-order valence-electron chi connectivity index (χ4n) is 2.49. The molecule has 1 amide bonds. The third-order valence-electron chi connectivity index (χ3n) is 3.70. The summed E-state index contributed by atoms with van der Waals surface area (Å²) < 4.78 is 0. The average Bonchev–Trinajstić information content (AvgIpc) is 2.97. The molecule has 0 atom stereocenters. The minimum Gasteiger partial charge on any atom is -0.378 e. The van der Waals surface area contributed by atoms with Gasteiger partial charge in [-0.25, -0.2) is 9.97 Å². The molecular formula is C18H21N5O. The molecule has 0 unspecified atom stereocenters. The van der Waals surface area contributed by atoms with E-state index in [0.29, 0.717) is 16.7 Å². The highest BCUT2D eigenvalue weighted by Crippen LogP contribution is 2.24. The standard InChI is InChI=1S/C18H21N5O/c1-11(2)21-18(24)14-9-19-17-16(14)22-15(10-20-17)12-6-5-7-13(8-12)23(3)4/h5-11H,1-4H3,(H,19,20)(H,21,24). The maximum absolute atomic E-state index is 12.3. The Labute approximate surface area is 140 Å². The Balaban J connectivity index is 2.05. The summed E-state index contributed by atoms with van der Waals surface area (Å²) in [5.41, 5.74) is 4.49. The largest absolute Gasteiger partial charge is 0.378 e. The summed E-state index contributed by atoms with van der Waals surface area (Å²) in [6.07, 6.45) is 3.38. The Morgan fingerprint density at radius 2 is 2.08 bits per heavy atom. The van der Waals surface area contributed by atoms with Crippen molar-refractivity contribution in [3.05, 3.63) is 42.2 Å². The van der Waals surface area contributed by atoms with E-state index in [1.807, 2.05) is 51.0 Å². The molecule has 24 heavy (non-hydrogen) atoms. The minimum atomic E-state index is -0.148. The quantitative estimate of drug-likeness (QED) is 0.774. The van der Waals surface area contributed by atoms with Crippen LogP contribution in [0.3, 0.4) is 0 Å². The Morgan fingerprint density at radius 1 is 1.29 bits per heavy atom. The Bertz CT molecular complexity index is 882. The van der Waals surface area contributed by atoms with Crippen LogP contribution >= 0.6 is 0 Å². The zero-order valence-corrected chi connectivity index (χ0v) is 14.3. The lowest BCUT2D eigenvalue weighted by Gasteiger charge is -2.13. The van der Waals surface area contributed by atoms with E-state index in [4.69, 9.17) is 0 Å². The van der Waals surface area contributed by atoms with Crippen molar-refractivity contribution in [1.29, 1.82) is 0 Å². The van der Waals surface area contributed by atoms with Crippen molar-refractivity contribution in [3.63, 3.8) is 0 Å². The van der Waals surface area contributed by atoms with Crippen LogP contribution < -0.4 is 10.2 Å². The molecule has 0 aliphatic carbocycles. The molecule has 2 heterocycles. The van der Waals surface area contributed by atoms with E-state index in [0.717, 1.165) is 16.9 Å². The van der Waals surface area contributed by atoms with Gasteiger partial charge in [-0.15, -0.1) is 0 Å². The van der Waals surface area contributed by atoms with Crippen molar-refractivity contribution >= 4 is 22.8 Å². The van der Waals surface area contributed by atoms with E-state index >= 15 is 0 Å². The zero-order chi connectivity index (χ0) is 17.3. The topological polar surface area (TPSA) is 73.9 Å². The monoisotopic (exact) mass is 323 g/mol. The van der Waals surface area contributed by atoms with E-state index in [2.05, 4.69) is 26.3 Å². The van der Waals surface area contributed by atoms with Gasteiger partial charge in [0.1, 0.15) is 5.52 Å². The second-order valence-corrected chi connectivity index (χ2v) is 6.23. The van der Waals surface area contributed by atoms with Crippen LogP contribution in [0.15, 0.2) is 36.7 Å². The van der Waals surface area contributed by atoms with Gasteiger partial charge in [0, 0.05) is 37.6 Å². The summed E-state index contributed by atoms with van der Waals surface area (Å²) >= 11 is 0. The van der Waals surface area contributed by atoms with E-state index in [9.17, 15) is 4.79 Å². The molecule has 0 saturated heterocycles. The minimum absolute atomic E-state index is 0.0652. The molecule has 124 valence electrons. The molecule has 0 radical (unpaired) electrons. The lowest BCUT2D eigenvalue weighted by atomic mass is 10.1. The van der Waals surface area contributed by atoms with Crippen LogP contribution in [-0.2, 0) is 0 Å². The van der Waals surface area contributed by atoms with E-state index < -0.39 is 0 Å². The molecule has 3 aromatic rings. The van der Waals surface area contributed by atoms with Gasteiger partial charge in [-0.05, 0) is 26.0 Å². The lowest BCUT2D eigenvalue weighted by Crippen LogP contribution is -2.29. The predicted octanol–water partition coefficient (Wildman–Crippen LogP) is 2.83. The Kier molecular flexibility index (Phi) is 4.20. The first-order valence-corrected chi connectivity index (χ1v) is 7.88. The summed E-state index contributed by atoms with van der Waals surface area (Å²) in [6, 6.07) is 8.13. The van der Waals surface area contributed by atoms with Gasteiger partial charge in [0.05, 0.1) is 17.5 Å². The summed E-state index contributed by atoms with van der Waals surface area (Å²) in [5.74, 6) is -0.148. The van der Waals surface area contributed by atoms with Crippen LogP contribution in [0.5, 0.6) is 0 Å². The molecule has 0 fully saturated rings. The number of carbonyl (C=O) groups is 1. The number of aromatic amines is 1. The molecule has 6 nitrogen and oxygen atoms in total. The summed E-state index contributed by atoms with van der Waals surface area (Å²) in [6.45, 7) is 3.85. The fraction of sp³-hybridized carbons (Fsp3) is 0.278. The van der Waals surface area contributed by atoms with Crippen molar-refractivity contribution in [2.45, 2.75) is 19.9 Å². The predicted molar refractivity (Wildman–Crippen MR) is 96.3 cm³/mol. The van der Waals surface area contributed by atoms with Crippen LogP contribution in [0.2, 0.25) is 0 Å². The number of hydrogen-bond donors (Lipinski definition) is 2. The van der Waals surface area contributed by atoms with E-state index in [1.165, 1.54) is 0 Å². The molecule has 1 aromatic carbocycles.